The molecule has 0 saturated carbocycles. The second kappa shape index (κ2) is 9.95. The molecule has 0 spiro atoms. The Kier molecular flexibility index (Phi) is 7.92. The van der Waals surface area contributed by atoms with E-state index in [1.807, 2.05) is 6.07 Å². The fourth-order valence-electron chi connectivity index (χ4n) is 4.05. The number of nitrogens with two attached hydrogens (primary N) is 1. The zero-order valence-corrected chi connectivity index (χ0v) is 16.8. The van der Waals surface area contributed by atoms with Crippen LogP contribution < -0.4 is 21.3 Å². The van der Waals surface area contributed by atoms with E-state index in [-0.39, 0.29) is 18.3 Å². The highest BCUT2D eigenvalue weighted by molar-refractivity contribution is 5.99. The van der Waals surface area contributed by atoms with Crippen molar-refractivity contribution in [3.8, 4) is 0 Å². The second-order valence-electron chi connectivity index (χ2n) is 7.63. The first-order valence-corrected chi connectivity index (χ1v) is 9.74. The number of primary amides is 1. The highest BCUT2D eigenvalue weighted by atomic mass is 35.5. The Labute approximate surface area is 167 Å². The van der Waals surface area contributed by atoms with Gasteiger partial charge in [-0.25, -0.2) is 0 Å². The monoisotopic (exact) mass is 394 g/mol. The predicted molar refractivity (Wildman–Crippen MR) is 112 cm³/mol. The first-order chi connectivity index (χ1) is 12.5. The van der Waals surface area contributed by atoms with Gasteiger partial charge in [-0.1, -0.05) is 6.92 Å². The average molecular weight is 395 g/mol. The summed E-state index contributed by atoms with van der Waals surface area (Å²) in [6, 6.07) is 5.35. The maximum atomic E-state index is 12.6. The van der Waals surface area contributed by atoms with E-state index >= 15 is 0 Å². The summed E-state index contributed by atoms with van der Waals surface area (Å²) in [6.45, 7) is 6.17. The topological polar surface area (TPSA) is 87.5 Å². The molecule has 6 nitrogen and oxygen atoms in total. The Morgan fingerprint density at radius 1 is 1.30 bits per heavy atom. The Bertz CT molecular complexity index is 655. The van der Waals surface area contributed by atoms with Crippen molar-refractivity contribution in [3.63, 3.8) is 0 Å². The molecule has 1 aromatic rings. The molecule has 2 unspecified atom stereocenters. The van der Waals surface area contributed by atoms with Crippen molar-refractivity contribution in [2.24, 2.45) is 17.6 Å². The van der Waals surface area contributed by atoms with Gasteiger partial charge >= 0.3 is 0 Å². The van der Waals surface area contributed by atoms with Gasteiger partial charge in [0, 0.05) is 25.1 Å². The zero-order chi connectivity index (χ0) is 18.5. The lowest BCUT2D eigenvalue weighted by atomic mass is 9.85. The van der Waals surface area contributed by atoms with Crippen LogP contribution >= 0.6 is 12.4 Å². The van der Waals surface area contributed by atoms with Crippen LogP contribution in [0, 0.1) is 11.8 Å². The van der Waals surface area contributed by atoms with Crippen LogP contribution in [0.5, 0.6) is 0 Å². The number of nitrogens with one attached hydrogen (secondary N) is 2. The van der Waals surface area contributed by atoms with E-state index in [4.69, 9.17) is 5.73 Å². The molecule has 3 rings (SSSR count). The lowest BCUT2D eigenvalue weighted by molar-refractivity contribution is -0.117. The fraction of sp³-hybridized carbons (Fsp3) is 0.600. The van der Waals surface area contributed by atoms with Crippen LogP contribution in [-0.4, -0.2) is 38.0 Å². The smallest absolute Gasteiger partial charge is 0.248 e. The number of nitrogens with zero attached hydrogens (tertiary/aromatic N) is 1. The van der Waals surface area contributed by atoms with Gasteiger partial charge in [0.15, 0.2) is 0 Å². The van der Waals surface area contributed by atoms with Crippen molar-refractivity contribution in [2.45, 2.75) is 39.0 Å². The lowest BCUT2D eigenvalue weighted by Crippen LogP contribution is -2.34. The average Bonchev–Trinajstić information content (AvgIpc) is 3.16. The molecule has 0 aromatic heterocycles. The minimum Gasteiger partial charge on any atom is -0.370 e. The van der Waals surface area contributed by atoms with Crippen molar-refractivity contribution >= 4 is 35.6 Å². The SMILES string of the molecule is CC(CC(=O)Nc1cc(C(N)=O)ccc1N1CCCC1)C1CCCNC1.Cl. The second-order valence-corrected chi connectivity index (χ2v) is 7.63. The van der Waals surface area contributed by atoms with E-state index in [0.717, 1.165) is 44.7 Å². The first kappa shape index (κ1) is 21.5. The number of hydrogen-bond acceptors (Lipinski definition) is 4. The van der Waals surface area contributed by atoms with E-state index in [2.05, 4.69) is 22.5 Å². The third-order valence-corrected chi connectivity index (χ3v) is 5.65. The van der Waals surface area contributed by atoms with Crippen molar-refractivity contribution < 1.29 is 9.59 Å². The van der Waals surface area contributed by atoms with E-state index in [0.29, 0.717) is 29.5 Å². The molecule has 7 heteroatoms. The summed E-state index contributed by atoms with van der Waals surface area (Å²) in [5, 5.41) is 6.46. The number of amides is 2. The van der Waals surface area contributed by atoms with Crippen LogP contribution in [0.2, 0.25) is 0 Å². The van der Waals surface area contributed by atoms with Gasteiger partial charge in [-0.2, -0.15) is 0 Å². The number of piperidine rings is 1. The largest absolute Gasteiger partial charge is 0.370 e. The molecule has 2 saturated heterocycles. The summed E-state index contributed by atoms with van der Waals surface area (Å²) in [7, 11) is 0. The van der Waals surface area contributed by atoms with Gasteiger partial charge in [-0.15, -0.1) is 12.4 Å². The van der Waals surface area contributed by atoms with Gasteiger partial charge in [-0.3, -0.25) is 9.59 Å². The fourth-order valence-corrected chi connectivity index (χ4v) is 4.05. The summed E-state index contributed by atoms with van der Waals surface area (Å²) in [5.74, 6) is 0.405. The Hall–Kier alpha value is -1.79. The third kappa shape index (κ3) is 5.59. The summed E-state index contributed by atoms with van der Waals surface area (Å²) >= 11 is 0. The molecule has 2 amide bonds. The predicted octanol–water partition coefficient (Wildman–Crippen LogP) is 2.77. The maximum Gasteiger partial charge on any atom is 0.248 e. The zero-order valence-electron chi connectivity index (χ0n) is 16.0. The van der Waals surface area contributed by atoms with Crippen molar-refractivity contribution in [3.05, 3.63) is 23.8 Å². The third-order valence-electron chi connectivity index (χ3n) is 5.65. The normalized spacial score (nSPS) is 20.6. The van der Waals surface area contributed by atoms with E-state index in [1.54, 1.807) is 12.1 Å². The van der Waals surface area contributed by atoms with Gasteiger partial charge in [0.25, 0.3) is 0 Å². The summed E-state index contributed by atoms with van der Waals surface area (Å²) < 4.78 is 0. The van der Waals surface area contributed by atoms with Crippen LogP contribution in [0.4, 0.5) is 11.4 Å². The van der Waals surface area contributed by atoms with Gasteiger partial charge < -0.3 is 21.3 Å². The van der Waals surface area contributed by atoms with Crippen LogP contribution in [0.25, 0.3) is 0 Å². The number of anilines is 2. The summed E-state index contributed by atoms with van der Waals surface area (Å²) in [5.41, 5.74) is 7.52. The quantitative estimate of drug-likeness (QED) is 0.692. The Morgan fingerprint density at radius 3 is 2.67 bits per heavy atom. The molecular formula is C20H31ClN4O2. The van der Waals surface area contributed by atoms with Gasteiger partial charge in [-0.05, 0) is 68.8 Å². The standard InChI is InChI=1S/C20H30N4O2.ClH/c1-14(16-5-4-8-22-13-16)11-19(25)23-17-12-15(20(21)26)6-7-18(17)24-9-2-3-10-24;/h6-7,12,14,16,22H,2-5,8-11,13H2,1H3,(H2,21,26)(H,23,25);1H. The van der Waals surface area contributed by atoms with Crippen LogP contribution in [-0.2, 0) is 4.79 Å². The molecule has 0 aliphatic carbocycles. The van der Waals surface area contributed by atoms with E-state index < -0.39 is 5.91 Å². The van der Waals surface area contributed by atoms with Gasteiger partial charge in [0.05, 0.1) is 11.4 Å². The van der Waals surface area contributed by atoms with Gasteiger partial charge in [0.1, 0.15) is 0 Å². The number of benzene rings is 1. The number of hydrogen-bond donors (Lipinski definition) is 3. The molecule has 0 radical (unpaired) electrons. The molecule has 2 fully saturated rings. The molecule has 150 valence electrons. The number of carbonyl (C=O) groups excluding carboxylic acids is 2. The highest BCUT2D eigenvalue weighted by Crippen LogP contribution is 2.31. The minimum absolute atomic E-state index is 0. The molecule has 1 aromatic carbocycles. The van der Waals surface area contributed by atoms with Crippen molar-refractivity contribution in [2.75, 3.05) is 36.4 Å². The van der Waals surface area contributed by atoms with Crippen molar-refractivity contribution in [1.82, 2.24) is 5.32 Å². The van der Waals surface area contributed by atoms with E-state index in [9.17, 15) is 9.59 Å². The number of halogens is 1. The first-order valence-electron chi connectivity index (χ1n) is 9.74. The molecular weight excluding hydrogens is 364 g/mol. The minimum atomic E-state index is -0.477. The maximum absolute atomic E-state index is 12.6. The van der Waals surface area contributed by atoms with E-state index in [1.165, 1.54) is 12.8 Å². The molecule has 2 atom stereocenters. The molecule has 2 heterocycles. The van der Waals surface area contributed by atoms with Gasteiger partial charge in [0.2, 0.25) is 11.8 Å². The molecule has 2 aliphatic heterocycles. The Balaban J connectivity index is 0.00000261. The molecule has 4 N–H and O–H groups in total. The summed E-state index contributed by atoms with van der Waals surface area (Å²) in [4.78, 5) is 26.5. The highest BCUT2D eigenvalue weighted by Gasteiger charge is 2.23. The van der Waals surface area contributed by atoms with Crippen molar-refractivity contribution in [1.29, 1.82) is 0 Å². The molecule has 0 bridgehead atoms. The Morgan fingerprint density at radius 2 is 2.04 bits per heavy atom. The lowest BCUT2D eigenvalue weighted by Gasteiger charge is -2.28. The molecule has 27 heavy (non-hydrogen) atoms. The van der Waals surface area contributed by atoms with Crippen LogP contribution in [0.1, 0.15) is 49.4 Å². The van der Waals surface area contributed by atoms with Crippen LogP contribution in [0.15, 0.2) is 18.2 Å². The molecule has 2 aliphatic rings. The number of carbonyl (C=O) groups is 2. The number of rotatable bonds is 6. The van der Waals surface area contributed by atoms with Crippen LogP contribution in [0.3, 0.4) is 0 Å². The summed E-state index contributed by atoms with van der Waals surface area (Å²) in [6.07, 6.45) is 5.15.